The second kappa shape index (κ2) is 6.03. The summed E-state index contributed by atoms with van der Waals surface area (Å²) >= 11 is 0. The van der Waals surface area contributed by atoms with Crippen molar-refractivity contribution in [1.29, 1.82) is 0 Å². The average Bonchev–Trinajstić information content (AvgIpc) is 2.54. The summed E-state index contributed by atoms with van der Waals surface area (Å²) < 4.78 is 29.5. The highest BCUT2D eigenvalue weighted by Crippen LogP contribution is 2.32. The van der Waals surface area contributed by atoms with Crippen LogP contribution in [0.15, 0.2) is 47.3 Å². The predicted octanol–water partition coefficient (Wildman–Crippen LogP) is 3.10. The molecule has 0 fully saturated rings. The highest BCUT2D eigenvalue weighted by atomic mass is 19.3. The van der Waals surface area contributed by atoms with E-state index in [0.717, 1.165) is 18.2 Å². The molecule has 7 nitrogen and oxygen atoms in total. The van der Waals surface area contributed by atoms with E-state index in [-0.39, 0.29) is 22.8 Å². The van der Waals surface area contributed by atoms with Crippen molar-refractivity contribution in [2.24, 2.45) is 0 Å². The average molecular weight is 333 g/mol. The van der Waals surface area contributed by atoms with Crippen LogP contribution in [0.2, 0.25) is 0 Å². The maximum absolute atomic E-state index is 12.6. The van der Waals surface area contributed by atoms with E-state index in [4.69, 9.17) is 0 Å². The number of nitro benzene ring substituents is 1. The molecule has 0 saturated heterocycles. The van der Waals surface area contributed by atoms with Crippen LogP contribution in [0.3, 0.4) is 0 Å². The van der Waals surface area contributed by atoms with Gasteiger partial charge in [0, 0.05) is 12.1 Å². The van der Waals surface area contributed by atoms with Gasteiger partial charge in [-0.05, 0) is 18.2 Å². The number of rotatable bonds is 4. The molecular weight excluding hydrogens is 324 g/mol. The van der Waals surface area contributed by atoms with Crippen molar-refractivity contribution in [3.63, 3.8) is 0 Å². The Kier molecular flexibility index (Phi) is 3.90. The molecule has 3 rings (SSSR count). The topological polar surface area (TPSA) is 98.1 Å². The molecule has 24 heavy (non-hydrogen) atoms. The van der Waals surface area contributed by atoms with Crippen LogP contribution in [0.25, 0.3) is 22.3 Å². The first-order valence-electron chi connectivity index (χ1n) is 6.68. The smallest absolute Gasteiger partial charge is 0.387 e. The quantitative estimate of drug-likeness (QED) is 0.584. The lowest BCUT2D eigenvalue weighted by molar-refractivity contribution is -0.384. The zero-order valence-electron chi connectivity index (χ0n) is 11.9. The van der Waals surface area contributed by atoms with Gasteiger partial charge in [0.05, 0.1) is 21.4 Å². The third-order valence-electron chi connectivity index (χ3n) is 3.26. The zero-order valence-corrected chi connectivity index (χ0v) is 11.9. The summed E-state index contributed by atoms with van der Waals surface area (Å²) in [4.78, 5) is 28.9. The number of H-pyrrole nitrogens is 1. The molecule has 2 aromatic carbocycles. The highest BCUT2D eigenvalue weighted by Gasteiger charge is 2.18. The Labute approximate surface area is 132 Å². The van der Waals surface area contributed by atoms with Crippen molar-refractivity contribution in [3.8, 4) is 17.1 Å². The molecule has 3 aromatic rings. The lowest BCUT2D eigenvalue weighted by Gasteiger charge is -2.10. The zero-order chi connectivity index (χ0) is 17.3. The summed E-state index contributed by atoms with van der Waals surface area (Å²) in [5, 5.41) is 11.2. The maximum Gasteiger partial charge on any atom is 0.387 e. The van der Waals surface area contributed by atoms with E-state index in [1.54, 1.807) is 24.3 Å². The number of para-hydroxylation sites is 1. The summed E-state index contributed by atoms with van der Waals surface area (Å²) in [5.74, 6) is -0.424. The van der Waals surface area contributed by atoms with Gasteiger partial charge in [0.2, 0.25) is 0 Å². The first-order chi connectivity index (χ1) is 11.5. The van der Waals surface area contributed by atoms with Crippen LogP contribution in [0.1, 0.15) is 0 Å². The highest BCUT2D eigenvalue weighted by molar-refractivity contribution is 5.80. The number of nitrogens with zero attached hydrogens (tertiary/aromatic N) is 2. The lowest BCUT2D eigenvalue weighted by atomic mass is 10.1. The largest absolute Gasteiger partial charge is 0.434 e. The number of fused-ring (bicyclic) bond motifs is 1. The van der Waals surface area contributed by atoms with Crippen LogP contribution in [0, 0.1) is 10.1 Å². The number of hydrogen-bond acceptors (Lipinski definition) is 5. The van der Waals surface area contributed by atoms with E-state index < -0.39 is 17.1 Å². The number of ether oxygens (including phenoxy) is 1. The summed E-state index contributed by atoms with van der Waals surface area (Å²) in [5.41, 5.74) is -0.620. The van der Waals surface area contributed by atoms with Gasteiger partial charge >= 0.3 is 6.61 Å². The molecule has 1 N–H and O–H groups in total. The summed E-state index contributed by atoms with van der Waals surface area (Å²) in [7, 11) is 0. The van der Waals surface area contributed by atoms with Crippen molar-refractivity contribution in [2.75, 3.05) is 0 Å². The molecule has 0 unspecified atom stereocenters. The number of benzene rings is 2. The standard InChI is InChI=1S/C15H9F2N3O4/c16-15(17)24-12-6-5-8(20(22)23)7-10(12)13-18-11-4-2-1-3-9(11)14(21)19-13/h1-7,15H,(H,18,19,21). The molecule has 122 valence electrons. The number of hydrogen-bond donors (Lipinski definition) is 1. The number of nitrogens with one attached hydrogen (secondary N) is 1. The Balaban J connectivity index is 2.25. The Morgan fingerprint density at radius 3 is 2.67 bits per heavy atom. The molecule has 0 aliphatic carbocycles. The van der Waals surface area contributed by atoms with Gasteiger partial charge in [-0.3, -0.25) is 14.9 Å². The second-order valence-electron chi connectivity index (χ2n) is 4.75. The normalized spacial score (nSPS) is 11.0. The number of halogens is 2. The molecule has 0 aliphatic rings. The molecule has 0 saturated carbocycles. The third-order valence-corrected chi connectivity index (χ3v) is 3.26. The molecule has 0 spiro atoms. The van der Waals surface area contributed by atoms with Crippen LogP contribution < -0.4 is 10.3 Å². The molecule has 0 atom stereocenters. The van der Waals surface area contributed by atoms with Crippen molar-refractivity contribution in [3.05, 3.63) is 62.9 Å². The van der Waals surface area contributed by atoms with Gasteiger partial charge in [0.1, 0.15) is 11.6 Å². The van der Waals surface area contributed by atoms with Gasteiger partial charge in [-0.25, -0.2) is 4.98 Å². The third kappa shape index (κ3) is 2.91. The number of non-ortho nitro benzene ring substituents is 1. The van der Waals surface area contributed by atoms with Gasteiger partial charge in [-0.1, -0.05) is 12.1 Å². The number of nitro groups is 1. The fourth-order valence-corrected chi connectivity index (χ4v) is 2.23. The Bertz CT molecular complexity index is 988. The summed E-state index contributed by atoms with van der Waals surface area (Å²) in [6.07, 6.45) is 0. The fraction of sp³-hybridized carbons (Fsp3) is 0.0667. The van der Waals surface area contributed by atoms with E-state index in [2.05, 4.69) is 14.7 Å². The summed E-state index contributed by atoms with van der Waals surface area (Å²) in [6, 6.07) is 9.51. The summed E-state index contributed by atoms with van der Waals surface area (Å²) in [6.45, 7) is -3.13. The van der Waals surface area contributed by atoms with E-state index in [1.807, 2.05) is 0 Å². The van der Waals surface area contributed by atoms with Gasteiger partial charge in [-0.15, -0.1) is 0 Å². The first kappa shape index (κ1) is 15.5. The van der Waals surface area contributed by atoms with Crippen LogP contribution in [0.5, 0.6) is 5.75 Å². The van der Waals surface area contributed by atoms with E-state index >= 15 is 0 Å². The van der Waals surface area contributed by atoms with Crippen molar-refractivity contribution >= 4 is 16.6 Å². The van der Waals surface area contributed by atoms with Crippen LogP contribution in [-0.2, 0) is 0 Å². The van der Waals surface area contributed by atoms with E-state index in [0.29, 0.717) is 10.9 Å². The molecular formula is C15H9F2N3O4. The lowest BCUT2D eigenvalue weighted by Crippen LogP contribution is -2.11. The minimum absolute atomic E-state index is 0.0990. The second-order valence-corrected chi connectivity index (χ2v) is 4.75. The van der Waals surface area contributed by atoms with Gasteiger partial charge in [0.25, 0.3) is 11.2 Å². The number of alkyl halides is 2. The Morgan fingerprint density at radius 2 is 1.96 bits per heavy atom. The van der Waals surface area contributed by atoms with Crippen molar-refractivity contribution in [2.45, 2.75) is 6.61 Å². The van der Waals surface area contributed by atoms with Crippen LogP contribution in [-0.4, -0.2) is 21.5 Å². The van der Waals surface area contributed by atoms with Gasteiger partial charge in [-0.2, -0.15) is 8.78 Å². The van der Waals surface area contributed by atoms with E-state index in [1.165, 1.54) is 0 Å². The molecule has 1 heterocycles. The molecule has 0 radical (unpaired) electrons. The van der Waals surface area contributed by atoms with Crippen LogP contribution >= 0.6 is 0 Å². The Hall–Kier alpha value is -3.36. The maximum atomic E-state index is 12.6. The molecule has 0 bridgehead atoms. The Morgan fingerprint density at radius 1 is 1.21 bits per heavy atom. The SMILES string of the molecule is O=c1[nH]c(-c2cc([N+](=O)[O-])ccc2OC(F)F)nc2ccccc12. The number of aromatic amines is 1. The first-order valence-corrected chi connectivity index (χ1v) is 6.68. The number of aromatic nitrogens is 2. The van der Waals surface area contributed by atoms with Crippen molar-refractivity contribution in [1.82, 2.24) is 9.97 Å². The van der Waals surface area contributed by atoms with Gasteiger partial charge in [0.15, 0.2) is 0 Å². The minimum atomic E-state index is -3.13. The van der Waals surface area contributed by atoms with E-state index in [9.17, 15) is 23.7 Å². The fourth-order valence-electron chi connectivity index (χ4n) is 2.23. The molecule has 0 aliphatic heterocycles. The molecule has 0 amide bonds. The molecule has 9 heteroatoms. The predicted molar refractivity (Wildman–Crippen MR) is 81.1 cm³/mol. The minimum Gasteiger partial charge on any atom is -0.434 e. The van der Waals surface area contributed by atoms with Crippen LogP contribution in [0.4, 0.5) is 14.5 Å². The monoisotopic (exact) mass is 333 g/mol. The van der Waals surface area contributed by atoms with Crippen molar-refractivity contribution < 1.29 is 18.4 Å². The van der Waals surface area contributed by atoms with Gasteiger partial charge < -0.3 is 9.72 Å². The molecule has 1 aromatic heterocycles.